The second-order valence-electron chi connectivity index (χ2n) is 4.05. The zero-order valence-electron chi connectivity index (χ0n) is 9.14. The lowest BCUT2D eigenvalue weighted by molar-refractivity contribution is 0.386. The Kier molecular flexibility index (Phi) is 2.29. The zero-order valence-corrected chi connectivity index (χ0v) is 9.14. The summed E-state index contributed by atoms with van der Waals surface area (Å²) in [4.78, 5) is 10.9. The van der Waals surface area contributed by atoms with Gasteiger partial charge in [0.1, 0.15) is 0 Å². The first-order valence-corrected chi connectivity index (χ1v) is 5.46. The van der Waals surface area contributed by atoms with E-state index in [-0.39, 0.29) is 5.63 Å². The van der Waals surface area contributed by atoms with Gasteiger partial charge in [0.2, 0.25) is 0 Å². The number of rotatable bonds is 2. The Balaban J connectivity index is 1.98. The average molecular weight is 225 g/mol. The lowest BCUT2D eigenvalue weighted by Crippen LogP contribution is -1.89. The summed E-state index contributed by atoms with van der Waals surface area (Å²) in [5.41, 5.74) is 1.62. The molecule has 0 unspecified atom stereocenters. The SMILES string of the molecule is O=c1cc(Cc2ccc3ccccc3c2)[nH]o1. The summed E-state index contributed by atoms with van der Waals surface area (Å²) in [6, 6.07) is 16.0. The molecule has 3 heteroatoms. The molecule has 0 aliphatic rings. The first kappa shape index (κ1) is 9.90. The van der Waals surface area contributed by atoms with Crippen molar-refractivity contribution in [3.8, 4) is 0 Å². The highest BCUT2D eigenvalue weighted by Crippen LogP contribution is 2.17. The molecular weight excluding hydrogens is 214 g/mol. The summed E-state index contributed by atoms with van der Waals surface area (Å²) in [7, 11) is 0. The van der Waals surface area contributed by atoms with E-state index in [1.165, 1.54) is 16.8 Å². The molecular formula is C14H11NO2. The molecule has 0 saturated carbocycles. The van der Waals surface area contributed by atoms with Crippen molar-refractivity contribution in [1.82, 2.24) is 5.16 Å². The summed E-state index contributed by atoms with van der Waals surface area (Å²) in [5, 5.41) is 5.04. The molecule has 0 aliphatic carbocycles. The van der Waals surface area contributed by atoms with Crippen molar-refractivity contribution < 1.29 is 4.52 Å². The maximum atomic E-state index is 10.9. The predicted octanol–water partition coefficient (Wildman–Crippen LogP) is 2.71. The normalized spacial score (nSPS) is 10.8. The van der Waals surface area contributed by atoms with Gasteiger partial charge < -0.3 is 4.52 Å². The molecule has 3 aromatic rings. The number of hydrogen-bond acceptors (Lipinski definition) is 2. The fraction of sp³-hybridized carbons (Fsp3) is 0.0714. The van der Waals surface area contributed by atoms with Crippen molar-refractivity contribution in [2.24, 2.45) is 0 Å². The highest BCUT2D eigenvalue weighted by atomic mass is 16.5. The smallest absolute Gasteiger partial charge is 0.339 e. The van der Waals surface area contributed by atoms with Crippen LogP contribution in [0.4, 0.5) is 0 Å². The van der Waals surface area contributed by atoms with Gasteiger partial charge in [-0.05, 0) is 16.3 Å². The summed E-state index contributed by atoms with van der Waals surface area (Å²) < 4.78 is 4.64. The fourth-order valence-electron chi connectivity index (χ4n) is 1.97. The summed E-state index contributed by atoms with van der Waals surface area (Å²) in [6.07, 6.45) is 0.677. The van der Waals surface area contributed by atoms with Gasteiger partial charge in [0.05, 0.1) is 5.69 Å². The molecule has 17 heavy (non-hydrogen) atoms. The minimum atomic E-state index is -0.333. The molecule has 0 amide bonds. The predicted molar refractivity (Wildman–Crippen MR) is 66.1 cm³/mol. The van der Waals surface area contributed by atoms with Crippen LogP contribution in [0, 0.1) is 0 Å². The van der Waals surface area contributed by atoms with Gasteiger partial charge in [-0.15, -0.1) is 0 Å². The third kappa shape index (κ3) is 1.99. The Morgan fingerprint density at radius 3 is 2.59 bits per heavy atom. The van der Waals surface area contributed by atoms with Gasteiger partial charge >= 0.3 is 5.63 Å². The van der Waals surface area contributed by atoms with Crippen LogP contribution in [-0.4, -0.2) is 5.16 Å². The minimum Gasteiger partial charge on any atom is -0.339 e. The highest BCUT2D eigenvalue weighted by Gasteiger charge is 2.01. The number of hydrogen-bond donors (Lipinski definition) is 1. The molecule has 0 bridgehead atoms. The minimum absolute atomic E-state index is 0.333. The number of aromatic nitrogens is 1. The van der Waals surface area contributed by atoms with Crippen molar-refractivity contribution in [3.05, 3.63) is 70.2 Å². The van der Waals surface area contributed by atoms with Gasteiger partial charge in [-0.2, -0.15) is 0 Å². The van der Waals surface area contributed by atoms with Crippen LogP contribution in [0.5, 0.6) is 0 Å². The van der Waals surface area contributed by atoms with Crippen LogP contribution in [0.3, 0.4) is 0 Å². The molecule has 0 saturated heterocycles. The molecule has 1 heterocycles. The Morgan fingerprint density at radius 1 is 1.00 bits per heavy atom. The molecule has 2 aromatic carbocycles. The quantitative estimate of drug-likeness (QED) is 0.728. The molecule has 0 atom stereocenters. The first-order chi connectivity index (χ1) is 8.31. The third-order valence-electron chi connectivity index (χ3n) is 2.78. The van der Waals surface area contributed by atoms with Crippen LogP contribution in [0.15, 0.2) is 57.8 Å². The van der Waals surface area contributed by atoms with Crippen molar-refractivity contribution in [2.75, 3.05) is 0 Å². The van der Waals surface area contributed by atoms with Crippen molar-refractivity contribution >= 4 is 10.8 Å². The summed E-state index contributed by atoms with van der Waals surface area (Å²) in [6.45, 7) is 0. The van der Waals surface area contributed by atoms with Gasteiger partial charge in [0.25, 0.3) is 0 Å². The number of aromatic amines is 1. The standard InChI is InChI=1S/C14H11NO2/c16-14-9-13(15-17-14)8-10-5-6-11-3-1-2-4-12(11)7-10/h1-7,9,15H,8H2. The van der Waals surface area contributed by atoms with Crippen LogP contribution in [0.1, 0.15) is 11.3 Å². The molecule has 1 aromatic heterocycles. The zero-order chi connectivity index (χ0) is 11.7. The maximum absolute atomic E-state index is 10.9. The molecule has 3 nitrogen and oxygen atoms in total. The molecule has 84 valence electrons. The van der Waals surface area contributed by atoms with Gasteiger partial charge in [0, 0.05) is 12.5 Å². The van der Waals surface area contributed by atoms with E-state index in [2.05, 4.69) is 40.0 Å². The van der Waals surface area contributed by atoms with E-state index in [1.807, 2.05) is 12.1 Å². The molecule has 0 fully saturated rings. The van der Waals surface area contributed by atoms with Crippen LogP contribution < -0.4 is 5.63 Å². The van der Waals surface area contributed by atoms with E-state index in [9.17, 15) is 4.79 Å². The average Bonchev–Trinajstić information content (AvgIpc) is 2.75. The van der Waals surface area contributed by atoms with Crippen molar-refractivity contribution in [1.29, 1.82) is 0 Å². The van der Waals surface area contributed by atoms with Crippen LogP contribution in [0.2, 0.25) is 0 Å². The lowest BCUT2D eigenvalue weighted by Gasteiger charge is -2.01. The van der Waals surface area contributed by atoms with Gasteiger partial charge in [-0.25, -0.2) is 9.95 Å². The number of H-pyrrole nitrogens is 1. The van der Waals surface area contributed by atoms with Crippen molar-refractivity contribution in [3.63, 3.8) is 0 Å². The Morgan fingerprint density at radius 2 is 1.82 bits per heavy atom. The van der Waals surface area contributed by atoms with E-state index in [1.54, 1.807) is 0 Å². The largest absolute Gasteiger partial charge is 0.357 e. The van der Waals surface area contributed by atoms with E-state index in [0.717, 1.165) is 11.3 Å². The van der Waals surface area contributed by atoms with Gasteiger partial charge in [0.15, 0.2) is 0 Å². The molecule has 3 rings (SSSR count). The van der Waals surface area contributed by atoms with Crippen LogP contribution in [0.25, 0.3) is 10.8 Å². The van der Waals surface area contributed by atoms with Gasteiger partial charge in [-0.3, -0.25) is 0 Å². The van der Waals surface area contributed by atoms with Crippen LogP contribution >= 0.6 is 0 Å². The second-order valence-corrected chi connectivity index (χ2v) is 4.05. The maximum Gasteiger partial charge on any atom is 0.357 e. The van der Waals surface area contributed by atoms with Crippen molar-refractivity contribution in [2.45, 2.75) is 6.42 Å². The van der Waals surface area contributed by atoms with Gasteiger partial charge in [-0.1, -0.05) is 42.5 Å². The molecule has 0 spiro atoms. The second kappa shape index (κ2) is 3.94. The fourth-order valence-corrected chi connectivity index (χ4v) is 1.97. The van der Waals surface area contributed by atoms with E-state index < -0.39 is 0 Å². The van der Waals surface area contributed by atoms with E-state index >= 15 is 0 Å². The summed E-state index contributed by atoms with van der Waals surface area (Å²) >= 11 is 0. The number of benzene rings is 2. The van der Waals surface area contributed by atoms with Crippen LogP contribution in [-0.2, 0) is 6.42 Å². The monoisotopic (exact) mass is 225 g/mol. The first-order valence-electron chi connectivity index (χ1n) is 5.46. The molecule has 1 N–H and O–H groups in total. The molecule has 0 aliphatic heterocycles. The third-order valence-corrected chi connectivity index (χ3v) is 2.78. The van der Waals surface area contributed by atoms with E-state index in [0.29, 0.717) is 6.42 Å². The number of fused-ring (bicyclic) bond motifs is 1. The lowest BCUT2D eigenvalue weighted by atomic mass is 10.0. The topological polar surface area (TPSA) is 46.0 Å². The summed E-state index contributed by atoms with van der Waals surface area (Å²) in [5.74, 6) is 0. The van der Waals surface area contributed by atoms with E-state index in [4.69, 9.17) is 0 Å². The Labute approximate surface area is 97.7 Å². The highest BCUT2D eigenvalue weighted by molar-refractivity contribution is 5.83. The number of nitrogens with one attached hydrogen (secondary N) is 1. The Hall–Kier alpha value is -2.29. The Bertz CT molecular complexity index is 709. The molecule has 0 radical (unpaired) electrons.